The molecule has 2 N–H and O–H groups in total. The molecule has 1 aliphatic carbocycles. The van der Waals surface area contributed by atoms with Crippen LogP contribution in [0, 0.1) is 5.92 Å². The zero-order chi connectivity index (χ0) is 11.5. The Kier molecular flexibility index (Phi) is 4.56. The third-order valence-electron chi connectivity index (χ3n) is 3.19. The molecule has 0 aromatic rings. The molecule has 0 radical (unpaired) electrons. The summed E-state index contributed by atoms with van der Waals surface area (Å²) in [6.07, 6.45) is 3.20. The molecule has 0 aromatic heterocycles. The largest absolute Gasteiger partial charge is 0.392 e. The molecule has 0 amide bonds. The highest BCUT2D eigenvalue weighted by atomic mass is 16.5. The van der Waals surface area contributed by atoms with Crippen molar-refractivity contribution in [1.29, 1.82) is 0 Å². The Labute approximate surface area is 93.2 Å². The average Bonchev–Trinajstić information content (AvgIpc) is 2.96. The summed E-state index contributed by atoms with van der Waals surface area (Å²) >= 11 is 0. The van der Waals surface area contributed by atoms with Gasteiger partial charge in [-0.25, -0.2) is 0 Å². The summed E-state index contributed by atoms with van der Waals surface area (Å²) in [5, 5.41) is 13.1. The maximum Gasteiger partial charge on any atom is 0.0692 e. The molecule has 2 unspecified atom stereocenters. The monoisotopic (exact) mass is 215 g/mol. The Bertz CT molecular complexity index is 190. The maximum atomic E-state index is 9.70. The minimum Gasteiger partial charge on any atom is -0.392 e. The molecule has 3 nitrogen and oxygen atoms in total. The predicted molar refractivity (Wildman–Crippen MR) is 61.9 cm³/mol. The Hall–Kier alpha value is -0.120. The number of hydrogen-bond donors (Lipinski definition) is 2. The van der Waals surface area contributed by atoms with Crippen molar-refractivity contribution >= 4 is 0 Å². The summed E-state index contributed by atoms with van der Waals surface area (Å²) in [7, 11) is 1.74. The van der Waals surface area contributed by atoms with E-state index >= 15 is 0 Å². The summed E-state index contributed by atoms with van der Waals surface area (Å²) < 4.78 is 5.37. The lowest BCUT2D eigenvalue weighted by Gasteiger charge is -2.27. The number of aliphatic hydroxyl groups excluding tert-OH is 1. The minimum atomic E-state index is -0.155. The van der Waals surface area contributed by atoms with Gasteiger partial charge >= 0.3 is 0 Å². The topological polar surface area (TPSA) is 41.5 Å². The second kappa shape index (κ2) is 5.28. The standard InChI is InChI=1S/C12H25NO2/c1-9(7-12(2,3)15-4)13-8-11(14)10-5-6-10/h9-11,13-14H,5-8H2,1-4H3. The van der Waals surface area contributed by atoms with Crippen LogP contribution >= 0.6 is 0 Å². The first-order valence-corrected chi connectivity index (χ1v) is 5.91. The van der Waals surface area contributed by atoms with Crippen LogP contribution in [-0.2, 0) is 4.74 Å². The Morgan fingerprint density at radius 2 is 2.07 bits per heavy atom. The summed E-state index contributed by atoms with van der Waals surface area (Å²) in [6, 6.07) is 0.383. The van der Waals surface area contributed by atoms with Crippen molar-refractivity contribution < 1.29 is 9.84 Å². The highest BCUT2D eigenvalue weighted by Crippen LogP contribution is 2.32. The van der Waals surface area contributed by atoms with Crippen LogP contribution in [0.5, 0.6) is 0 Å². The van der Waals surface area contributed by atoms with Crippen molar-refractivity contribution in [3.63, 3.8) is 0 Å². The summed E-state index contributed by atoms with van der Waals surface area (Å²) in [5.41, 5.74) is -0.0864. The van der Waals surface area contributed by atoms with E-state index in [1.807, 2.05) is 0 Å². The van der Waals surface area contributed by atoms with Crippen LogP contribution in [0.3, 0.4) is 0 Å². The van der Waals surface area contributed by atoms with Gasteiger partial charge < -0.3 is 15.2 Å². The van der Waals surface area contributed by atoms with Crippen molar-refractivity contribution in [2.75, 3.05) is 13.7 Å². The van der Waals surface area contributed by atoms with E-state index < -0.39 is 0 Å². The fourth-order valence-electron chi connectivity index (χ4n) is 1.86. The molecular formula is C12H25NO2. The minimum absolute atomic E-state index is 0.0864. The van der Waals surface area contributed by atoms with Gasteiger partial charge in [0.05, 0.1) is 11.7 Å². The lowest BCUT2D eigenvalue weighted by atomic mass is 10.00. The number of rotatable bonds is 7. The summed E-state index contributed by atoms with van der Waals surface area (Å²) in [6.45, 7) is 7.02. The van der Waals surface area contributed by atoms with E-state index in [2.05, 4.69) is 26.1 Å². The Morgan fingerprint density at radius 1 is 1.47 bits per heavy atom. The van der Waals surface area contributed by atoms with Gasteiger partial charge in [0, 0.05) is 19.7 Å². The normalized spacial score (nSPS) is 21.4. The highest BCUT2D eigenvalue weighted by Gasteiger charge is 2.30. The van der Waals surface area contributed by atoms with Gasteiger partial charge in [0.2, 0.25) is 0 Å². The zero-order valence-electron chi connectivity index (χ0n) is 10.4. The molecular weight excluding hydrogens is 190 g/mol. The van der Waals surface area contributed by atoms with Crippen LogP contribution in [0.15, 0.2) is 0 Å². The first-order chi connectivity index (χ1) is 6.94. The number of nitrogens with one attached hydrogen (secondary N) is 1. The number of hydrogen-bond acceptors (Lipinski definition) is 3. The lowest BCUT2D eigenvalue weighted by molar-refractivity contribution is 0.00733. The molecule has 0 aromatic carbocycles. The highest BCUT2D eigenvalue weighted by molar-refractivity contribution is 4.83. The van der Waals surface area contributed by atoms with Crippen molar-refractivity contribution in [2.24, 2.45) is 5.92 Å². The summed E-state index contributed by atoms with van der Waals surface area (Å²) in [5.74, 6) is 0.556. The number of ether oxygens (including phenoxy) is 1. The Morgan fingerprint density at radius 3 is 2.53 bits per heavy atom. The maximum absolute atomic E-state index is 9.70. The van der Waals surface area contributed by atoms with Gasteiger partial charge in [-0.1, -0.05) is 0 Å². The fourth-order valence-corrected chi connectivity index (χ4v) is 1.86. The van der Waals surface area contributed by atoms with Crippen LogP contribution < -0.4 is 5.32 Å². The Balaban J connectivity index is 2.14. The van der Waals surface area contributed by atoms with E-state index in [0.717, 1.165) is 6.42 Å². The third-order valence-corrected chi connectivity index (χ3v) is 3.19. The first-order valence-electron chi connectivity index (χ1n) is 5.91. The van der Waals surface area contributed by atoms with Gasteiger partial charge in [0.15, 0.2) is 0 Å². The van der Waals surface area contributed by atoms with Gasteiger partial charge in [-0.15, -0.1) is 0 Å². The van der Waals surface area contributed by atoms with Crippen molar-refractivity contribution in [1.82, 2.24) is 5.32 Å². The average molecular weight is 215 g/mol. The molecule has 3 heteroatoms. The zero-order valence-corrected chi connectivity index (χ0v) is 10.4. The second-order valence-corrected chi connectivity index (χ2v) is 5.38. The van der Waals surface area contributed by atoms with Crippen LogP contribution in [0.1, 0.15) is 40.0 Å². The molecule has 1 aliphatic rings. The van der Waals surface area contributed by atoms with Crippen LogP contribution in [-0.4, -0.2) is 36.5 Å². The molecule has 1 fully saturated rings. The van der Waals surface area contributed by atoms with Gasteiger partial charge in [-0.3, -0.25) is 0 Å². The molecule has 0 aliphatic heterocycles. The smallest absolute Gasteiger partial charge is 0.0692 e. The molecule has 1 rings (SSSR count). The van der Waals surface area contributed by atoms with E-state index in [-0.39, 0.29) is 11.7 Å². The number of methoxy groups -OCH3 is 1. The van der Waals surface area contributed by atoms with Crippen molar-refractivity contribution in [3.05, 3.63) is 0 Å². The van der Waals surface area contributed by atoms with Gasteiger partial charge in [0.1, 0.15) is 0 Å². The molecule has 15 heavy (non-hydrogen) atoms. The van der Waals surface area contributed by atoms with Crippen LogP contribution in [0.2, 0.25) is 0 Å². The SMILES string of the molecule is COC(C)(C)CC(C)NCC(O)C1CC1. The molecule has 2 atom stereocenters. The van der Waals surface area contributed by atoms with E-state index in [1.165, 1.54) is 12.8 Å². The van der Waals surface area contributed by atoms with E-state index in [4.69, 9.17) is 4.74 Å². The molecule has 0 heterocycles. The van der Waals surface area contributed by atoms with Crippen LogP contribution in [0.4, 0.5) is 0 Å². The molecule has 0 bridgehead atoms. The molecule has 1 saturated carbocycles. The van der Waals surface area contributed by atoms with Crippen molar-refractivity contribution in [3.8, 4) is 0 Å². The van der Waals surface area contributed by atoms with Gasteiger partial charge in [-0.2, -0.15) is 0 Å². The third kappa shape index (κ3) is 4.96. The van der Waals surface area contributed by atoms with E-state index in [0.29, 0.717) is 18.5 Å². The molecule has 0 spiro atoms. The quantitative estimate of drug-likeness (QED) is 0.677. The lowest BCUT2D eigenvalue weighted by Crippen LogP contribution is -2.39. The van der Waals surface area contributed by atoms with E-state index in [1.54, 1.807) is 7.11 Å². The van der Waals surface area contributed by atoms with Crippen molar-refractivity contribution in [2.45, 2.75) is 57.8 Å². The first kappa shape index (κ1) is 12.9. The molecule has 0 saturated heterocycles. The molecule has 90 valence electrons. The fraction of sp³-hybridized carbons (Fsp3) is 1.00. The van der Waals surface area contributed by atoms with Gasteiger partial charge in [0.25, 0.3) is 0 Å². The predicted octanol–water partition coefficient (Wildman–Crippen LogP) is 1.55. The second-order valence-electron chi connectivity index (χ2n) is 5.38. The van der Waals surface area contributed by atoms with Gasteiger partial charge in [-0.05, 0) is 46.0 Å². The van der Waals surface area contributed by atoms with E-state index in [9.17, 15) is 5.11 Å². The van der Waals surface area contributed by atoms with Crippen LogP contribution in [0.25, 0.3) is 0 Å². The number of aliphatic hydroxyl groups is 1. The summed E-state index contributed by atoms with van der Waals surface area (Å²) in [4.78, 5) is 0.